The van der Waals surface area contributed by atoms with E-state index in [9.17, 15) is 22.5 Å². The highest BCUT2D eigenvalue weighted by molar-refractivity contribution is 7.89. The van der Waals surface area contributed by atoms with E-state index in [0.29, 0.717) is 68.4 Å². The number of H-pyrrole nitrogens is 1. The van der Waals surface area contributed by atoms with Crippen molar-refractivity contribution in [2.75, 3.05) is 25.4 Å². The molecule has 0 aliphatic carbocycles. The van der Waals surface area contributed by atoms with Crippen molar-refractivity contribution in [3.8, 4) is 0 Å². The molecule has 0 radical (unpaired) electrons. The molecule has 1 saturated heterocycles. The highest BCUT2D eigenvalue weighted by atomic mass is 32.2. The van der Waals surface area contributed by atoms with Crippen molar-refractivity contribution in [3.63, 3.8) is 0 Å². The van der Waals surface area contributed by atoms with Crippen molar-refractivity contribution in [2.24, 2.45) is 5.92 Å². The lowest BCUT2D eigenvalue weighted by atomic mass is 9.86. The van der Waals surface area contributed by atoms with Gasteiger partial charge in [-0.2, -0.15) is 18.3 Å². The molecule has 33 heavy (non-hydrogen) atoms. The van der Waals surface area contributed by atoms with Crippen LogP contribution in [-0.2, 0) is 30.5 Å². The summed E-state index contributed by atoms with van der Waals surface area (Å²) in [5, 5.41) is 7.22. The quantitative estimate of drug-likeness (QED) is 0.651. The van der Waals surface area contributed by atoms with Crippen LogP contribution in [0.2, 0.25) is 0 Å². The summed E-state index contributed by atoms with van der Waals surface area (Å²) in [6.07, 6.45) is -2.80. The van der Waals surface area contributed by atoms with E-state index in [0.717, 1.165) is 17.3 Å². The highest BCUT2D eigenvalue weighted by Gasteiger charge is 2.37. The summed E-state index contributed by atoms with van der Waals surface area (Å²) in [4.78, 5) is 14.9. The maximum atomic E-state index is 13.4. The number of hydrogen-bond acceptors (Lipinski definition) is 4. The molecule has 6 nitrogen and oxygen atoms in total. The van der Waals surface area contributed by atoms with E-state index in [1.54, 1.807) is 17.0 Å². The molecule has 1 amide bonds. The second kappa shape index (κ2) is 9.68. The van der Waals surface area contributed by atoms with Gasteiger partial charge in [0.25, 0.3) is 5.91 Å². The number of halogens is 3. The van der Waals surface area contributed by atoms with E-state index in [2.05, 4.69) is 10.2 Å². The van der Waals surface area contributed by atoms with Crippen LogP contribution < -0.4 is 0 Å². The van der Waals surface area contributed by atoms with Gasteiger partial charge < -0.3 is 9.45 Å². The third-order valence-corrected chi connectivity index (χ3v) is 8.19. The molecule has 1 fully saturated rings. The van der Waals surface area contributed by atoms with Gasteiger partial charge >= 0.3 is 6.18 Å². The van der Waals surface area contributed by atoms with Crippen LogP contribution in [0.5, 0.6) is 0 Å². The van der Waals surface area contributed by atoms with Crippen LogP contribution >= 0.6 is 0 Å². The van der Waals surface area contributed by atoms with Crippen molar-refractivity contribution in [1.29, 1.82) is 0 Å². The number of alkyl halides is 3. The van der Waals surface area contributed by atoms with Gasteiger partial charge in [0.05, 0.1) is 18.7 Å². The van der Waals surface area contributed by atoms with Gasteiger partial charge in [0.1, 0.15) is 5.75 Å². The molecule has 180 valence electrons. The van der Waals surface area contributed by atoms with Crippen LogP contribution in [0.1, 0.15) is 65.5 Å². The van der Waals surface area contributed by atoms with Crippen molar-refractivity contribution in [3.05, 3.63) is 52.3 Å². The predicted molar refractivity (Wildman–Crippen MR) is 120 cm³/mol. The van der Waals surface area contributed by atoms with E-state index in [1.807, 2.05) is 18.2 Å². The molecule has 1 atom stereocenters. The topological polar surface area (TPSA) is 75.3 Å². The van der Waals surface area contributed by atoms with Crippen molar-refractivity contribution in [1.82, 2.24) is 19.4 Å². The van der Waals surface area contributed by atoms with Crippen molar-refractivity contribution in [2.45, 2.75) is 51.7 Å². The Morgan fingerprint density at radius 3 is 2.61 bits per heavy atom. The molecule has 0 bridgehead atoms. The minimum absolute atomic E-state index is 0.216. The van der Waals surface area contributed by atoms with Gasteiger partial charge in [0.15, 0.2) is 5.69 Å². The largest absolute Gasteiger partial charge is 0.598 e. The monoisotopic (exact) mass is 482 g/mol. The number of benzene rings is 1. The zero-order chi connectivity index (χ0) is 23.8. The first kappa shape index (κ1) is 24.1. The van der Waals surface area contributed by atoms with E-state index >= 15 is 0 Å². The summed E-state index contributed by atoms with van der Waals surface area (Å²) in [7, 11) is 0. The number of carbonyl (C=O) groups excluding carboxylic acids is 1. The van der Waals surface area contributed by atoms with Crippen LogP contribution in [0.4, 0.5) is 13.2 Å². The Hall–Kier alpha value is -2.04. The number of nitrogens with one attached hydrogen (secondary N) is 1. The van der Waals surface area contributed by atoms with Gasteiger partial charge in [-0.1, -0.05) is 32.0 Å². The van der Waals surface area contributed by atoms with Crippen LogP contribution in [0.25, 0.3) is 0 Å². The average molecular weight is 483 g/mol. The van der Waals surface area contributed by atoms with Gasteiger partial charge in [-0.25, -0.2) is 0 Å². The number of amides is 1. The number of nitrogens with zero attached hydrogens (tertiary/aromatic N) is 3. The lowest BCUT2D eigenvalue weighted by molar-refractivity contribution is -0.138. The summed E-state index contributed by atoms with van der Waals surface area (Å²) >= 11 is -1.12. The number of rotatable bonds is 5. The molecule has 2 aliphatic heterocycles. The predicted octanol–water partition coefficient (Wildman–Crippen LogP) is 4.13. The van der Waals surface area contributed by atoms with Crippen molar-refractivity contribution < 1.29 is 22.5 Å². The molecular formula is C23H29F3N4O2S. The van der Waals surface area contributed by atoms with E-state index in [-0.39, 0.29) is 11.8 Å². The average Bonchev–Trinajstić information content (AvgIpc) is 3.21. The minimum Gasteiger partial charge on any atom is -0.598 e. The number of aromatic nitrogens is 2. The number of hydrogen-bond donors (Lipinski definition) is 1. The fourth-order valence-corrected chi connectivity index (χ4v) is 6.02. The molecule has 2 aliphatic rings. The molecule has 1 N–H and O–H groups in total. The van der Waals surface area contributed by atoms with Crippen LogP contribution in [-0.4, -0.2) is 55.2 Å². The van der Waals surface area contributed by atoms with E-state index in [1.165, 1.54) is 6.07 Å². The summed E-state index contributed by atoms with van der Waals surface area (Å²) in [6, 6.07) is 5.70. The number of aromatic amines is 1. The number of fused-ring (bicyclic) bond motifs is 1. The Kier molecular flexibility index (Phi) is 7.07. The first-order chi connectivity index (χ1) is 15.6. The van der Waals surface area contributed by atoms with Crippen LogP contribution in [0.3, 0.4) is 0 Å². The Morgan fingerprint density at radius 1 is 1.24 bits per heavy atom. The second-order valence-corrected chi connectivity index (χ2v) is 10.7. The fraction of sp³-hybridized carbons (Fsp3) is 0.565. The molecule has 3 heterocycles. The SMILES string of the molecule is CC(C)C[S+]([O-])N1CCc2[nH]nc(C(=O)N3CCC(c4ccccc4C(F)(F)F)CC3)c2C1. The van der Waals surface area contributed by atoms with Gasteiger partial charge in [-0.3, -0.25) is 9.89 Å². The normalized spacial score (nSPS) is 19.1. The standard InChI is InChI=1S/C23H29F3N4O2S/c1-15(2)14-33(32)30-12-9-20-18(13-30)21(28-27-20)22(31)29-10-7-16(8-11-29)17-5-3-4-6-19(17)23(24,25)26/h3-6,15-16H,7-14H2,1-2H3,(H,27,28). The third kappa shape index (κ3) is 5.22. The molecule has 1 aromatic carbocycles. The molecule has 2 aromatic rings. The van der Waals surface area contributed by atoms with Crippen molar-refractivity contribution >= 4 is 17.3 Å². The summed E-state index contributed by atoms with van der Waals surface area (Å²) in [6.45, 7) is 5.85. The first-order valence-corrected chi connectivity index (χ1v) is 12.6. The molecule has 1 unspecified atom stereocenters. The molecular weight excluding hydrogens is 453 g/mol. The Bertz CT molecular complexity index is 986. The zero-order valence-corrected chi connectivity index (χ0v) is 19.6. The highest BCUT2D eigenvalue weighted by Crippen LogP contribution is 2.39. The maximum Gasteiger partial charge on any atom is 0.416 e. The molecule has 10 heteroatoms. The third-order valence-electron chi connectivity index (χ3n) is 6.35. The van der Waals surface area contributed by atoms with Gasteiger partial charge in [-0.05, 0) is 36.3 Å². The molecule has 0 saturated carbocycles. The zero-order valence-electron chi connectivity index (χ0n) is 18.8. The van der Waals surface area contributed by atoms with Gasteiger partial charge in [0.2, 0.25) is 0 Å². The summed E-state index contributed by atoms with van der Waals surface area (Å²) < 4.78 is 54.7. The van der Waals surface area contributed by atoms with Crippen LogP contribution in [0.15, 0.2) is 24.3 Å². The molecule has 4 rings (SSSR count). The van der Waals surface area contributed by atoms with Gasteiger partial charge in [-0.15, -0.1) is 4.31 Å². The number of likely N-dealkylation sites (tertiary alicyclic amines) is 1. The lowest BCUT2D eigenvalue weighted by Gasteiger charge is -2.33. The Morgan fingerprint density at radius 2 is 1.94 bits per heavy atom. The number of carbonyl (C=O) groups is 1. The fourth-order valence-electron chi connectivity index (χ4n) is 4.67. The second-order valence-electron chi connectivity index (χ2n) is 9.18. The van der Waals surface area contributed by atoms with E-state index in [4.69, 9.17) is 0 Å². The maximum absolute atomic E-state index is 13.4. The lowest BCUT2D eigenvalue weighted by Crippen LogP contribution is -2.41. The molecule has 1 aromatic heterocycles. The first-order valence-electron chi connectivity index (χ1n) is 11.3. The minimum atomic E-state index is -4.39. The summed E-state index contributed by atoms with van der Waals surface area (Å²) in [5.74, 6) is 0.422. The smallest absolute Gasteiger partial charge is 0.416 e. The Balaban J connectivity index is 1.44. The number of piperidine rings is 1. The van der Waals surface area contributed by atoms with Crippen LogP contribution in [0, 0.1) is 5.92 Å². The Labute approximate surface area is 194 Å². The van der Waals surface area contributed by atoms with E-state index < -0.39 is 23.1 Å². The molecule has 0 spiro atoms. The summed E-state index contributed by atoms with van der Waals surface area (Å²) in [5.41, 5.74) is 1.73. The van der Waals surface area contributed by atoms with Gasteiger partial charge in [0, 0.05) is 42.1 Å².